The average Bonchev–Trinajstić information content (AvgIpc) is 3.38. The molecule has 0 radical (unpaired) electrons. The fourth-order valence-electron chi connectivity index (χ4n) is 3.88. The van der Waals surface area contributed by atoms with Gasteiger partial charge in [0, 0.05) is 10.9 Å². The minimum Gasteiger partial charge on any atom is -0.409 e. The molecule has 0 bridgehead atoms. The SMILES string of the molecule is CC(C)c1ccc(C(=O)CSc2nnc(-c3nn(Cc4ccccc4)c(=O)c4ccccc34)o2)cc1. The second kappa shape index (κ2) is 10.3. The van der Waals surface area contributed by atoms with Gasteiger partial charge in [-0.25, -0.2) is 4.68 Å². The number of carbonyl (C=O) groups excluding carboxylic acids is 1. The minimum atomic E-state index is -0.193. The number of nitrogens with zero attached hydrogens (tertiary/aromatic N) is 4. The monoisotopic (exact) mass is 496 g/mol. The molecule has 0 amide bonds. The molecule has 0 fully saturated rings. The first-order valence-corrected chi connectivity index (χ1v) is 12.6. The molecule has 5 aromatic rings. The highest BCUT2D eigenvalue weighted by Gasteiger charge is 2.19. The van der Waals surface area contributed by atoms with Crippen LogP contribution in [0.1, 0.15) is 41.3 Å². The highest BCUT2D eigenvalue weighted by molar-refractivity contribution is 7.99. The standard InChI is InChI=1S/C28H24N4O3S/c1-18(2)20-12-14-21(15-13-20)24(33)17-36-28-30-29-26(35-28)25-22-10-6-7-11-23(22)27(34)32(31-25)16-19-8-4-3-5-9-19/h3-15,18H,16-17H2,1-2H3. The first-order chi connectivity index (χ1) is 17.5. The molecule has 5 rings (SSSR count). The van der Waals surface area contributed by atoms with Gasteiger partial charge in [-0.2, -0.15) is 5.10 Å². The van der Waals surface area contributed by atoms with Crippen LogP contribution < -0.4 is 5.56 Å². The number of hydrogen-bond acceptors (Lipinski definition) is 7. The minimum absolute atomic E-state index is 0.0185. The Kier molecular flexibility index (Phi) is 6.77. The second-order valence-electron chi connectivity index (χ2n) is 8.70. The van der Waals surface area contributed by atoms with Gasteiger partial charge in [0.15, 0.2) is 11.5 Å². The van der Waals surface area contributed by atoms with Crippen LogP contribution in [0.2, 0.25) is 0 Å². The maximum absolute atomic E-state index is 13.1. The Morgan fingerprint density at radius 3 is 2.33 bits per heavy atom. The van der Waals surface area contributed by atoms with Crippen LogP contribution in [0.3, 0.4) is 0 Å². The van der Waals surface area contributed by atoms with Gasteiger partial charge in [0.25, 0.3) is 16.7 Å². The summed E-state index contributed by atoms with van der Waals surface area (Å²) < 4.78 is 7.28. The molecule has 0 aliphatic rings. The molecule has 3 aromatic carbocycles. The summed E-state index contributed by atoms with van der Waals surface area (Å²) >= 11 is 1.18. The lowest BCUT2D eigenvalue weighted by atomic mass is 10.0. The number of hydrogen-bond donors (Lipinski definition) is 0. The van der Waals surface area contributed by atoms with Crippen molar-refractivity contribution in [1.82, 2.24) is 20.0 Å². The summed E-state index contributed by atoms with van der Waals surface area (Å²) in [6, 6.07) is 24.5. The van der Waals surface area contributed by atoms with Crippen molar-refractivity contribution in [2.45, 2.75) is 31.5 Å². The number of fused-ring (bicyclic) bond motifs is 1. The molecule has 2 heterocycles. The summed E-state index contributed by atoms with van der Waals surface area (Å²) in [5.74, 6) is 0.760. The predicted octanol–water partition coefficient (Wildman–Crippen LogP) is 5.59. The average molecular weight is 497 g/mol. The van der Waals surface area contributed by atoms with Gasteiger partial charge in [0.1, 0.15) is 0 Å². The van der Waals surface area contributed by atoms with Crippen LogP contribution in [0.15, 0.2) is 93.3 Å². The van der Waals surface area contributed by atoms with Gasteiger partial charge in [0.2, 0.25) is 0 Å². The fourth-order valence-corrected chi connectivity index (χ4v) is 4.54. The highest BCUT2D eigenvalue weighted by atomic mass is 32.2. The third kappa shape index (κ3) is 4.99. The van der Waals surface area contributed by atoms with Crippen LogP contribution in [0, 0.1) is 0 Å². The van der Waals surface area contributed by atoms with Crippen LogP contribution in [0.25, 0.3) is 22.4 Å². The molecular formula is C28H24N4O3S. The molecule has 36 heavy (non-hydrogen) atoms. The summed E-state index contributed by atoms with van der Waals surface area (Å²) in [6.45, 7) is 4.55. The maximum Gasteiger partial charge on any atom is 0.277 e. The lowest BCUT2D eigenvalue weighted by Gasteiger charge is -2.09. The van der Waals surface area contributed by atoms with Crippen LogP contribution in [0.5, 0.6) is 0 Å². The second-order valence-corrected chi connectivity index (χ2v) is 9.63. The summed E-state index contributed by atoms with van der Waals surface area (Å²) in [4.78, 5) is 25.7. The van der Waals surface area contributed by atoms with E-state index in [1.54, 1.807) is 6.07 Å². The summed E-state index contributed by atoms with van der Waals surface area (Å²) in [6.07, 6.45) is 0. The summed E-state index contributed by atoms with van der Waals surface area (Å²) in [5.41, 5.74) is 3.02. The van der Waals surface area contributed by atoms with E-state index in [4.69, 9.17) is 4.42 Å². The van der Waals surface area contributed by atoms with E-state index in [9.17, 15) is 9.59 Å². The number of rotatable bonds is 8. The summed E-state index contributed by atoms with van der Waals surface area (Å²) in [7, 11) is 0. The molecule has 0 saturated carbocycles. The number of ketones is 1. The Labute approximate surface area is 212 Å². The molecule has 0 aliphatic heterocycles. The lowest BCUT2D eigenvalue weighted by molar-refractivity contribution is 0.102. The third-order valence-corrected chi connectivity index (χ3v) is 6.70. The predicted molar refractivity (Wildman–Crippen MR) is 140 cm³/mol. The van der Waals surface area contributed by atoms with E-state index >= 15 is 0 Å². The molecule has 7 nitrogen and oxygen atoms in total. The van der Waals surface area contributed by atoms with Gasteiger partial charge in [-0.3, -0.25) is 9.59 Å². The van der Waals surface area contributed by atoms with Crippen molar-refractivity contribution < 1.29 is 9.21 Å². The molecule has 2 aromatic heterocycles. The number of aromatic nitrogens is 4. The maximum atomic E-state index is 13.1. The first kappa shape index (κ1) is 23.7. The Morgan fingerprint density at radius 1 is 0.917 bits per heavy atom. The Balaban J connectivity index is 1.39. The van der Waals surface area contributed by atoms with Crippen LogP contribution in [-0.4, -0.2) is 31.5 Å². The van der Waals surface area contributed by atoms with E-state index < -0.39 is 0 Å². The largest absolute Gasteiger partial charge is 0.409 e. The molecule has 0 unspecified atom stereocenters. The molecular weight excluding hydrogens is 472 g/mol. The normalized spacial score (nSPS) is 11.3. The molecule has 0 aliphatic carbocycles. The van der Waals surface area contributed by atoms with Crippen molar-refractivity contribution in [2.75, 3.05) is 5.75 Å². The number of thioether (sulfide) groups is 1. The van der Waals surface area contributed by atoms with Crippen molar-refractivity contribution in [3.05, 3.63) is 106 Å². The van der Waals surface area contributed by atoms with Crippen LogP contribution in [-0.2, 0) is 6.54 Å². The highest BCUT2D eigenvalue weighted by Crippen LogP contribution is 2.27. The Hall–Kier alpha value is -4.04. The Bertz CT molecular complexity index is 1570. The van der Waals surface area contributed by atoms with E-state index in [1.807, 2.05) is 72.8 Å². The van der Waals surface area contributed by atoms with E-state index in [2.05, 4.69) is 29.1 Å². The smallest absolute Gasteiger partial charge is 0.277 e. The number of benzene rings is 3. The van der Waals surface area contributed by atoms with E-state index in [0.29, 0.717) is 34.5 Å². The zero-order chi connectivity index (χ0) is 25.1. The lowest BCUT2D eigenvalue weighted by Crippen LogP contribution is -2.24. The van der Waals surface area contributed by atoms with E-state index in [1.165, 1.54) is 22.0 Å². The van der Waals surface area contributed by atoms with Crippen molar-refractivity contribution >= 4 is 28.3 Å². The van der Waals surface area contributed by atoms with Crippen LogP contribution in [0.4, 0.5) is 0 Å². The van der Waals surface area contributed by atoms with Gasteiger partial charge in [0.05, 0.1) is 17.7 Å². The van der Waals surface area contributed by atoms with E-state index in [0.717, 1.165) is 5.56 Å². The zero-order valence-corrected chi connectivity index (χ0v) is 20.7. The van der Waals surface area contributed by atoms with Crippen molar-refractivity contribution in [3.63, 3.8) is 0 Å². The van der Waals surface area contributed by atoms with Crippen molar-refractivity contribution in [3.8, 4) is 11.6 Å². The van der Waals surface area contributed by atoms with Gasteiger partial charge >= 0.3 is 0 Å². The zero-order valence-electron chi connectivity index (χ0n) is 19.9. The van der Waals surface area contributed by atoms with Gasteiger partial charge in [-0.05, 0) is 23.1 Å². The molecule has 0 N–H and O–H groups in total. The number of Topliss-reactive ketones (excluding diaryl/α,β-unsaturated/α-hetero) is 1. The summed E-state index contributed by atoms with van der Waals surface area (Å²) in [5, 5.41) is 14.3. The quantitative estimate of drug-likeness (QED) is 0.204. The molecule has 8 heteroatoms. The topological polar surface area (TPSA) is 90.9 Å². The van der Waals surface area contributed by atoms with Gasteiger partial charge < -0.3 is 4.42 Å². The fraction of sp³-hybridized carbons (Fsp3) is 0.179. The molecule has 180 valence electrons. The number of carbonyl (C=O) groups is 1. The molecule has 0 saturated heterocycles. The van der Waals surface area contributed by atoms with Crippen molar-refractivity contribution in [1.29, 1.82) is 0 Å². The first-order valence-electron chi connectivity index (χ1n) is 11.6. The van der Waals surface area contributed by atoms with E-state index in [-0.39, 0.29) is 28.2 Å². The molecule has 0 atom stereocenters. The van der Waals surface area contributed by atoms with Gasteiger partial charge in [-0.15, -0.1) is 10.2 Å². The van der Waals surface area contributed by atoms with Crippen LogP contribution >= 0.6 is 11.8 Å². The van der Waals surface area contributed by atoms with Crippen molar-refractivity contribution in [2.24, 2.45) is 0 Å². The molecule has 0 spiro atoms. The van der Waals surface area contributed by atoms with Gasteiger partial charge in [-0.1, -0.05) is 98.4 Å². The third-order valence-electron chi connectivity index (χ3n) is 5.88. The Morgan fingerprint density at radius 2 is 1.61 bits per heavy atom.